The van der Waals surface area contributed by atoms with Gasteiger partial charge in [-0.05, 0) is 30.7 Å². The number of methoxy groups -OCH3 is 1. The van der Waals surface area contributed by atoms with Gasteiger partial charge in [0.05, 0.1) is 18.1 Å². The van der Waals surface area contributed by atoms with Crippen LogP contribution in [0.3, 0.4) is 0 Å². The molecule has 3 rings (SSSR count). The molecule has 0 bridgehead atoms. The molecule has 1 heterocycles. The highest BCUT2D eigenvalue weighted by atomic mass is 32.2. The summed E-state index contributed by atoms with van der Waals surface area (Å²) < 4.78 is 27.9. The van der Waals surface area contributed by atoms with Gasteiger partial charge in [0.25, 0.3) is 11.3 Å². The summed E-state index contributed by atoms with van der Waals surface area (Å²) >= 11 is -2.26. The molecule has 0 aliphatic heterocycles. The number of nitrogens with zero attached hydrogens (tertiary/aromatic N) is 2. The van der Waals surface area contributed by atoms with E-state index in [9.17, 15) is 4.21 Å². The Kier molecular flexibility index (Phi) is 4.59. The normalized spacial score (nSPS) is 12.0. The summed E-state index contributed by atoms with van der Waals surface area (Å²) in [5.74, 6) is 1.24. The van der Waals surface area contributed by atoms with E-state index in [4.69, 9.17) is 9.29 Å². The molecule has 0 fully saturated rings. The van der Waals surface area contributed by atoms with E-state index in [0.29, 0.717) is 22.6 Å². The Labute approximate surface area is 141 Å². The van der Waals surface area contributed by atoms with Gasteiger partial charge < -0.3 is 10.1 Å². The van der Waals surface area contributed by atoms with Crippen LogP contribution in [-0.4, -0.2) is 25.8 Å². The second kappa shape index (κ2) is 6.81. The number of aromatic nitrogens is 2. The van der Waals surface area contributed by atoms with Crippen molar-refractivity contribution in [3.8, 4) is 5.75 Å². The Hall–Kier alpha value is -2.71. The molecule has 24 heavy (non-hydrogen) atoms. The van der Waals surface area contributed by atoms with Crippen molar-refractivity contribution in [1.82, 2.24) is 9.97 Å². The van der Waals surface area contributed by atoms with Gasteiger partial charge in [-0.1, -0.05) is 18.2 Å². The highest BCUT2D eigenvalue weighted by Crippen LogP contribution is 2.29. The molecular formula is C16H16N4O3S. The maximum absolute atomic E-state index is 11.2. The lowest BCUT2D eigenvalue weighted by molar-refractivity contribution is 0.415. The highest BCUT2D eigenvalue weighted by Gasteiger charge is 2.12. The summed E-state index contributed by atoms with van der Waals surface area (Å²) in [7, 11) is 1.59. The molecule has 0 aliphatic rings. The fraction of sp³-hybridized carbons (Fsp3) is 0.125. The number of para-hydroxylation sites is 2. The van der Waals surface area contributed by atoms with Gasteiger partial charge in [0, 0.05) is 11.8 Å². The molecule has 2 aromatic carbocycles. The Bertz CT molecular complexity index is 917. The predicted octanol–water partition coefficient (Wildman–Crippen LogP) is 3.24. The Morgan fingerprint density at radius 2 is 1.75 bits per heavy atom. The van der Waals surface area contributed by atoms with Crippen LogP contribution in [0.5, 0.6) is 5.75 Å². The third-order valence-corrected chi connectivity index (χ3v) is 3.82. The molecule has 0 saturated heterocycles. The van der Waals surface area contributed by atoms with Crippen LogP contribution in [0.4, 0.5) is 17.3 Å². The summed E-state index contributed by atoms with van der Waals surface area (Å²) in [5.41, 5.74) is 3.04. The van der Waals surface area contributed by atoms with Crippen LogP contribution in [0.15, 0.2) is 42.5 Å². The zero-order chi connectivity index (χ0) is 17.1. The Morgan fingerprint density at radius 3 is 2.38 bits per heavy atom. The van der Waals surface area contributed by atoms with Crippen molar-refractivity contribution in [1.29, 1.82) is 0 Å². The second-order valence-electron chi connectivity index (χ2n) is 5.07. The van der Waals surface area contributed by atoms with Crippen molar-refractivity contribution in [2.75, 3.05) is 17.1 Å². The molecule has 0 amide bonds. The average Bonchev–Trinajstić information content (AvgIpc) is 2.56. The summed E-state index contributed by atoms with van der Waals surface area (Å²) in [6.07, 6.45) is 0. The second-order valence-corrected chi connectivity index (χ2v) is 5.77. The van der Waals surface area contributed by atoms with Crippen LogP contribution >= 0.6 is 0 Å². The Balaban J connectivity index is 2.08. The van der Waals surface area contributed by atoms with E-state index < -0.39 is 11.3 Å². The van der Waals surface area contributed by atoms with E-state index >= 15 is 0 Å². The van der Waals surface area contributed by atoms with Crippen LogP contribution in [-0.2, 0) is 11.3 Å². The summed E-state index contributed by atoms with van der Waals surface area (Å²) in [6.45, 7) is 1.94. The van der Waals surface area contributed by atoms with Gasteiger partial charge in [0.1, 0.15) is 5.75 Å². The number of nitrogens with one attached hydrogen (secondary N) is 2. The predicted molar refractivity (Wildman–Crippen MR) is 94.9 cm³/mol. The van der Waals surface area contributed by atoms with Gasteiger partial charge in [0.2, 0.25) is 0 Å². The standard InChI is InChI=1S/C16H16N4O3S/c1-10-7-8-11(23-2)9-14(10)19-15-16(20-24(21)22)18-13-6-4-3-5-12(13)17-15/h3-9H,1-2H3,(H,17,19)(H,18,20)(H,21,22). The molecule has 124 valence electrons. The third kappa shape index (κ3) is 3.44. The summed E-state index contributed by atoms with van der Waals surface area (Å²) in [4.78, 5) is 8.86. The topological polar surface area (TPSA) is 96.4 Å². The van der Waals surface area contributed by atoms with Crippen LogP contribution in [0.1, 0.15) is 5.56 Å². The maximum Gasteiger partial charge on any atom is 0.260 e. The van der Waals surface area contributed by atoms with E-state index in [1.807, 2.05) is 43.3 Å². The van der Waals surface area contributed by atoms with E-state index in [-0.39, 0.29) is 5.82 Å². The number of rotatable bonds is 5. The monoisotopic (exact) mass is 344 g/mol. The number of fused-ring (bicyclic) bond motifs is 1. The molecule has 0 saturated carbocycles. The largest absolute Gasteiger partial charge is 0.497 e. The zero-order valence-corrected chi connectivity index (χ0v) is 13.9. The fourth-order valence-electron chi connectivity index (χ4n) is 2.23. The summed E-state index contributed by atoms with van der Waals surface area (Å²) in [6, 6.07) is 12.9. The van der Waals surface area contributed by atoms with Crippen LogP contribution in [0, 0.1) is 6.92 Å². The van der Waals surface area contributed by atoms with E-state index in [1.54, 1.807) is 13.2 Å². The lowest BCUT2D eigenvalue weighted by Crippen LogP contribution is -2.09. The van der Waals surface area contributed by atoms with Crippen molar-refractivity contribution in [2.24, 2.45) is 0 Å². The lowest BCUT2D eigenvalue weighted by atomic mass is 10.2. The molecule has 3 N–H and O–H groups in total. The molecule has 1 aromatic heterocycles. The van der Waals surface area contributed by atoms with Crippen molar-refractivity contribution < 1.29 is 13.5 Å². The van der Waals surface area contributed by atoms with Gasteiger partial charge in [0.15, 0.2) is 11.6 Å². The van der Waals surface area contributed by atoms with Gasteiger partial charge in [-0.25, -0.2) is 14.2 Å². The highest BCUT2D eigenvalue weighted by molar-refractivity contribution is 7.80. The van der Waals surface area contributed by atoms with E-state index in [2.05, 4.69) is 20.0 Å². The van der Waals surface area contributed by atoms with Crippen LogP contribution in [0.25, 0.3) is 11.0 Å². The molecular weight excluding hydrogens is 328 g/mol. The van der Waals surface area contributed by atoms with Crippen molar-refractivity contribution in [3.05, 3.63) is 48.0 Å². The molecule has 3 aromatic rings. The summed E-state index contributed by atoms with van der Waals surface area (Å²) in [5, 5.41) is 3.15. The Morgan fingerprint density at radius 1 is 1.08 bits per heavy atom. The molecule has 8 heteroatoms. The first kappa shape index (κ1) is 16.2. The SMILES string of the molecule is COc1ccc(C)c(Nc2nc3ccccc3nc2NS(=O)O)c1. The number of benzene rings is 2. The van der Waals surface area contributed by atoms with E-state index in [1.165, 1.54) is 0 Å². The molecule has 0 aliphatic carbocycles. The van der Waals surface area contributed by atoms with Crippen molar-refractivity contribution in [2.45, 2.75) is 6.92 Å². The van der Waals surface area contributed by atoms with E-state index in [0.717, 1.165) is 11.3 Å². The quantitative estimate of drug-likeness (QED) is 0.615. The first-order valence-electron chi connectivity index (χ1n) is 7.13. The molecule has 1 unspecified atom stereocenters. The van der Waals surface area contributed by atoms with Gasteiger partial charge in [-0.3, -0.25) is 9.27 Å². The smallest absolute Gasteiger partial charge is 0.260 e. The fourth-order valence-corrected chi connectivity index (χ4v) is 2.54. The van der Waals surface area contributed by atoms with Gasteiger partial charge in [-0.15, -0.1) is 0 Å². The molecule has 0 spiro atoms. The molecule has 7 nitrogen and oxygen atoms in total. The number of ether oxygens (including phenoxy) is 1. The third-order valence-electron chi connectivity index (χ3n) is 3.45. The van der Waals surface area contributed by atoms with Crippen molar-refractivity contribution >= 4 is 39.6 Å². The minimum atomic E-state index is -2.26. The number of hydrogen-bond acceptors (Lipinski definition) is 5. The van der Waals surface area contributed by atoms with Crippen LogP contribution < -0.4 is 14.8 Å². The molecule has 0 radical (unpaired) electrons. The molecule has 1 atom stereocenters. The minimum Gasteiger partial charge on any atom is -0.497 e. The maximum atomic E-state index is 11.2. The first-order valence-corrected chi connectivity index (χ1v) is 8.23. The number of aryl methyl sites for hydroxylation is 1. The minimum absolute atomic E-state index is 0.191. The van der Waals surface area contributed by atoms with Gasteiger partial charge in [-0.2, -0.15) is 0 Å². The number of anilines is 3. The number of hydrogen-bond donors (Lipinski definition) is 3. The lowest BCUT2D eigenvalue weighted by Gasteiger charge is -2.14. The van der Waals surface area contributed by atoms with Crippen LogP contribution in [0.2, 0.25) is 0 Å². The van der Waals surface area contributed by atoms with Gasteiger partial charge >= 0.3 is 0 Å². The van der Waals surface area contributed by atoms with Crippen molar-refractivity contribution in [3.63, 3.8) is 0 Å². The zero-order valence-electron chi connectivity index (χ0n) is 13.1. The first-order chi connectivity index (χ1) is 11.6. The average molecular weight is 344 g/mol.